The maximum atomic E-state index is 6.07. The first-order valence-electron chi connectivity index (χ1n) is 7.24. The Morgan fingerprint density at radius 1 is 0.762 bits per heavy atom. The van der Waals surface area contributed by atoms with E-state index in [1.165, 1.54) is 0 Å². The van der Waals surface area contributed by atoms with E-state index in [9.17, 15) is 0 Å². The first-order valence-corrected chi connectivity index (χ1v) is 9.93. The van der Waals surface area contributed by atoms with Gasteiger partial charge in [0.1, 0.15) is 0 Å². The summed E-state index contributed by atoms with van der Waals surface area (Å²) in [4.78, 5) is 0. The van der Waals surface area contributed by atoms with Crippen LogP contribution in [0, 0.1) is 0 Å². The van der Waals surface area contributed by atoms with E-state index in [0.29, 0.717) is 19.8 Å². The SMILES string of the molecule is COC1(C2([C]3([Ti]([O]C)([O]C)[O]C)CCO3)CCO2)CCO1. The zero-order valence-corrected chi connectivity index (χ0v) is 14.7. The van der Waals surface area contributed by atoms with Gasteiger partial charge in [-0.2, -0.15) is 0 Å². The average molecular weight is 340 g/mol. The predicted octanol–water partition coefficient (Wildman–Crippen LogP) is 0.863. The van der Waals surface area contributed by atoms with Crippen molar-refractivity contribution in [2.45, 2.75) is 34.6 Å². The van der Waals surface area contributed by atoms with Crippen molar-refractivity contribution in [1.29, 1.82) is 0 Å². The zero-order chi connectivity index (χ0) is 15.2. The Balaban J connectivity index is 2.05. The minimum atomic E-state index is -3.71. The van der Waals surface area contributed by atoms with Crippen LogP contribution >= 0.6 is 0 Å². The van der Waals surface area contributed by atoms with Crippen LogP contribution in [-0.4, -0.2) is 63.6 Å². The van der Waals surface area contributed by atoms with E-state index < -0.39 is 33.0 Å². The van der Waals surface area contributed by atoms with Gasteiger partial charge in [0, 0.05) is 0 Å². The molecule has 0 N–H and O–H groups in total. The number of rotatable bonds is 7. The fourth-order valence-corrected chi connectivity index (χ4v) is 8.80. The van der Waals surface area contributed by atoms with Crippen molar-refractivity contribution in [2.24, 2.45) is 0 Å². The predicted molar refractivity (Wildman–Crippen MR) is 67.9 cm³/mol. The molecule has 0 aromatic rings. The molecule has 0 radical (unpaired) electrons. The van der Waals surface area contributed by atoms with Crippen LogP contribution < -0.4 is 0 Å². The molecule has 0 spiro atoms. The van der Waals surface area contributed by atoms with E-state index in [4.69, 9.17) is 28.9 Å². The molecular weight excluding hydrogens is 316 g/mol. The van der Waals surface area contributed by atoms with E-state index in [1.807, 2.05) is 0 Å². The van der Waals surface area contributed by atoms with Crippen LogP contribution in [0.4, 0.5) is 0 Å². The molecule has 3 fully saturated rings. The monoisotopic (exact) mass is 340 g/mol. The Hall–Kier alpha value is 0.434. The number of methoxy groups -OCH3 is 1. The molecule has 0 saturated carbocycles. The van der Waals surface area contributed by atoms with Gasteiger partial charge in [0.05, 0.1) is 0 Å². The van der Waals surface area contributed by atoms with Gasteiger partial charge in [-0.3, -0.25) is 0 Å². The second-order valence-electron chi connectivity index (χ2n) is 5.58. The molecule has 0 amide bonds. The number of hydrogen-bond acceptors (Lipinski definition) is 7. The van der Waals surface area contributed by atoms with Gasteiger partial charge in [0.15, 0.2) is 0 Å². The molecule has 21 heavy (non-hydrogen) atoms. The van der Waals surface area contributed by atoms with Crippen LogP contribution in [0.15, 0.2) is 0 Å². The van der Waals surface area contributed by atoms with Crippen molar-refractivity contribution < 1.29 is 46.7 Å². The normalized spacial score (nSPS) is 42.9. The third kappa shape index (κ3) is 1.73. The van der Waals surface area contributed by atoms with Crippen LogP contribution in [0.5, 0.6) is 0 Å². The Morgan fingerprint density at radius 2 is 1.24 bits per heavy atom. The fourth-order valence-electron chi connectivity index (χ4n) is 4.02. The van der Waals surface area contributed by atoms with Gasteiger partial charge in [0.2, 0.25) is 0 Å². The molecule has 3 rings (SSSR count). The summed E-state index contributed by atoms with van der Waals surface area (Å²) in [6.07, 6.45) is 2.31. The first-order chi connectivity index (χ1) is 10.1. The summed E-state index contributed by atoms with van der Waals surface area (Å²) in [5.41, 5.74) is -0.715. The van der Waals surface area contributed by atoms with Crippen LogP contribution in [0.1, 0.15) is 19.3 Å². The fraction of sp³-hybridized carbons (Fsp3) is 1.00. The molecule has 0 bridgehead atoms. The second kappa shape index (κ2) is 5.51. The molecular formula is C13H24O7Ti. The van der Waals surface area contributed by atoms with E-state index in [2.05, 4.69) is 0 Å². The molecule has 3 aliphatic rings. The van der Waals surface area contributed by atoms with Crippen LogP contribution in [0.2, 0.25) is 0 Å². The van der Waals surface area contributed by atoms with Gasteiger partial charge in [-0.15, -0.1) is 0 Å². The molecule has 0 aromatic carbocycles. The third-order valence-corrected chi connectivity index (χ3v) is 10.6. The van der Waals surface area contributed by atoms with Crippen LogP contribution in [0.25, 0.3) is 0 Å². The van der Waals surface area contributed by atoms with Crippen molar-refractivity contribution in [3.05, 3.63) is 0 Å². The molecule has 8 heteroatoms. The molecule has 3 atom stereocenters. The zero-order valence-electron chi connectivity index (χ0n) is 13.1. The van der Waals surface area contributed by atoms with Crippen molar-refractivity contribution in [3.8, 4) is 0 Å². The van der Waals surface area contributed by atoms with Gasteiger partial charge >= 0.3 is 129 Å². The number of hydrogen-bond donors (Lipinski definition) is 0. The molecule has 122 valence electrons. The Labute approximate surface area is 129 Å². The van der Waals surface area contributed by atoms with Crippen molar-refractivity contribution in [1.82, 2.24) is 0 Å². The van der Waals surface area contributed by atoms with Crippen LogP contribution in [-0.2, 0) is 46.7 Å². The van der Waals surface area contributed by atoms with Gasteiger partial charge in [-0.05, 0) is 0 Å². The molecule has 3 unspecified atom stereocenters. The van der Waals surface area contributed by atoms with E-state index >= 15 is 0 Å². The van der Waals surface area contributed by atoms with E-state index in [0.717, 1.165) is 19.3 Å². The van der Waals surface area contributed by atoms with E-state index in [1.54, 1.807) is 28.4 Å². The summed E-state index contributed by atoms with van der Waals surface area (Å²) in [5.74, 6) is -0.794. The standard InChI is InChI=1S/C10H15O4.3CH3O.Ti/c1-11-10(4-7-14-10)9(3-6-13-9)8-2-5-12-8;3*1-2;/h2-7H2,1H3;3*1H3;/q;3*-1;+3. The third-order valence-electron chi connectivity index (χ3n) is 5.27. The van der Waals surface area contributed by atoms with E-state index in [-0.39, 0.29) is 0 Å². The Morgan fingerprint density at radius 3 is 1.43 bits per heavy atom. The van der Waals surface area contributed by atoms with Gasteiger partial charge in [-0.25, -0.2) is 0 Å². The summed E-state index contributed by atoms with van der Waals surface area (Å²) in [7, 11) is 6.49. The minimum absolute atomic E-state index is 0.633. The van der Waals surface area contributed by atoms with Gasteiger partial charge in [0.25, 0.3) is 0 Å². The average Bonchev–Trinajstić information content (AvgIpc) is 2.37. The maximum absolute atomic E-state index is 6.07. The molecule has 0 aliphatic carbocycles. The second-order valence-corrected chi connectivity index (χ2v) is 10.5. The Kier molecular flexibility index (Phi) is 4.27. The quantitative estimate of drug-likeness (QED) is 0.637. The van der Waals surface area contributed by atoms with Crippen molar-refractivity contribution in [2.75, 3.05) is 48.3 Å². The van der Waals surface area contributed by atoms with Crippen molar-refractivity contribution >= 4 is 0 Å². The molecule has 0 aromatic heterocycles. The summed E-state index contributed by atoms with van der Waals surface area (Å²) >= 11 is -3.71. The Bertz CT molecular complexity index is 372. The summed E-state index contributed by atoms with van der Waals surface area (Å²) in [5, 5.41) is 0. The molecule has 3 heterocycles. The van der Waals surface area contributed by atoms with Gasteiger partial charge < -0.3 is 0 Å². The summed E-state index contributed by atoms with van der Waals surface area (Å²) < 4.78 is 40.2. The summed E-state index contributed by atoms with van der Waals surface area (Å²) in [6.45, 7) is 1.94. The molecule has 3 saturated heterocycles. The first kappa shape index (κ1) is 16.3. The molecule has 7 nitrogen and oxygen atoms in total. The summed E-state index contributed by atoms with van der Waals surface area (Å²) in [6, 6.07) is 0. The topological polar surface area (TPSA) is 64.6 Å². The van der Waals surface area contributed by atoms with Crippen LogP contribution in [0.3, 0.4) is 0 Å². The number of ether oxygens (including phenoxy) is 4. The van der Waals surface area contributed by atoms with Crippen molar-refractivity contribution in [3.63, 3.8) is 0 Å². The molecule has 3 aliphatic heterocycles. The van der Waals surface area contributed by atoms with Gasteiger partial charge in [-0.1, -0.05) is 0 Å².